The molecule has 1 aliphatic rings. The van der Waals surface area contributed by atoms with Gasteiger partial charge in [-0.25, -0.2) is 4.39 Å². The minimum atomic E-state index is -0.948. The number of unbranched alkanes of at least 4 members (excludes halogenated alkanes) is 1. The Morgan fingerprint density at radius 1 is 1.33 bits per heavy atom. The van der Waals surface area contributed by atoms with E-state index >= 15 is 0 Å². The third-order valence-corrected chi connectivity index (χ3v) is 5.47. The van der Waals surface area contributed by atoms with E-state index in [1.54, 1.807) is 20.2 Å². The maximum Gasteiger partial charge on any atom is 0.224 e. The van der Waals surface area contributed by atoms with Crippen molar-refractivity contribution in [1.82, 2.24) is 4.90 Å². The zero-order valence-corrected chi connectivity index (χ0v) is 16.7. The molecule has 0 bridgehead atoms. The number of halogens is 1. The van der Waals surface area contributed by atoms with E-state index in [0.29, 0.717) is 19.3 Å². The first-order valence-corrected chi connectivity index (χ1v) is 10.2. The van der Waals surface area contributed by atoms with Crippen LogP contribution in [0.5, 0.6) is 0 Å². The van der Waals surface area contributed by atoms with Crippen molar-refractivity contribution in [2.45, 2.75) is 69.6 Å². The Morgan fingerprint density at radius 2 is 2.07 bits per heavy atom. The smallest absolute Gasteiger partial charge is 0.224 e. The predicted octanol–water partition coefficient (Wildman–Crippen LogP) is 4.69. The Labute approximate surface area is 163 Å². The quantitative estimate of drug-likeness (QED) is 0.502. The first kappa shape index (κ1) is 21.6. The van der Waals surface area contributed by atoms with E-state index in [0.717, 1.165) is 32.1 Å². The lowest BCUT2D eigenvalue weighted by atomic mass is 9.76. The van der Waals surface area contributed by atoms with Gasteiger partial charge in [-0.3, -0.25) is 4.79 Å². The Balaban J connectivity index is 1.71. The molecule has 3 nitrogen and oxygen atoms in total. The lowest BCUT2D eigenvalue weighted by Gasteiger charge is -2.36. The number of amides is 1. The molecule has 4 heteroatoms. The molecule has 1 aliphatic carbocycles. The van der Waals surface area contributed by atoms with Gasteiger partial charge >= 0.3 is 0 Å². The van der Waals surface area contributed by atoms with Crippen LogP contribution in [-0.2, 0) is 11.2 Å². The van der Waals surface area contributed by atoms with Gasteiger partial charge in [0.2, 0.25) is 5.91 Å². The fourth-order valence-corrected chi connectivity index (χ4v) is 3.84. The summed E-state index contributed by atoms with van der Waals surface area (Å²) in [5.41, 5.74) is 0.355. The molecule has 1 saturated carbocycles. The summed E-state index contributed by atoms with van der Waals surface area (Å²) in [5, 5.41) is 10.7. The summed E-state index contributed by atoms with van der Waals surface area (Å²) < 4.78 is 14.2. The number of aliphatic hydroxyl groups is 1. The Morgan fingerprint density at radius 3 is 2.78 bits per heavy atom. The minimum absolute atomic E-state index is 0.0519. The third-order valence-electron chi connectivity index (χ3n) is 5.47. The summed E-state index contributed by atoms with van der Waals surface area (Å²) in [7, 11) is 3.41. The summed E-state index contributed by atoms with van der Waals surface area (Å²) >= 11 is 0. The molecule has 1 aromatic carbocycles. The minimum Gasteiger partial charge on any atom is -0.389 e. The maximum atomic E-state index is 14.2. The number of aryl methyl sites for hydroxylation is 1. The topological polar surface area (TPSA) is 40.5 Å². The van der Waals surface area contributed by atoms with Crippen molar-refractivity contribution >= 4 is 5.91 Å². The standard InChI is InChI=1S/C23H34FNO2/c1-25(2)22(26)18-23(27)16-8-12-20(17-23)14-15-21(24)13-7-6-11-19-9-4-3-5-10-19/h3-5,9-10,14-15,20-21,27H,6-8,11-13,16-18H2,1-2H3/b15-14+/t20-,21?,23+/m1/s1. The molecule has 1 amide bonds. The van der Waals surface area contributed by atoms with Crippen LogP contribution in [0.1, 0.15) is 56.9 Å². The van der Waals surface area contributed by atoms with E-state index in [1.165, 1.54) is 10.5 Å². The number of hydrogen-bond acceptors (Lipinski definition) is 2. The normalized spacial score (nSPS) is 24.1. The van der Waals surface area contributed by atoms with Crippen molar-refractivity contribution in [2.24, 2.45) is 5.92 Å². The molecule has 0 heterocycles. The van der Waals surface area contributed by atoms with Crippen molar-refractivity contribution in [3.63, 3.8) is 0 Å². The molecule has 0 aromatic heterocycles. The largest absolute Gasteiger partial charge is 0.389 e. The number of benzene rings is 1. The molecule has 0 saturated heterocycles. The number of hydrogen-bond donors (Lipinski definition) is 1. The highest BCUT2D eigenvalue weighted by atomic mass is 19.1. The number of allylic oxidation sites excluding steroid dienone is 2. The van der Waals surface area contributed by atoms with E-state index in [1.807, 2.05) is 24.3 Å². The highest BCUT2D eigenvalue weighted by Gasteiger charge is 2.35. The molecule has 0 radical (unpaired) electrons. The zero-order valence-electron chi connectivity index (χ0n) is 16.7. The van der Waals surface area contributed by atoms with Crippen LogP contribution in [0.25, 0.3) is 0 Å². The van der Waals surface area contributed by atoms with Crippen LogP contribution in [-0.4, -0.2) is 41.8 Å². The van der Waals surface area contributed by atoms with Gasteiger partial charge in [-0.1, -0.05) is 42.5 Å². The zero-order chi connectivity index (χ0) is 19.7. The molecular weight excluding hydrogens is 341 g/mol. The van der Waals surface area contributed by atoms with Gasteiger partial charge in [-0.2, -0.15) is 0 Å². The number of carbonyl (C=O) groups is 1. The van der Waals surface area contributed by atoms with E-state index in [-0.39, 0.29) is 18.2 Å². The highest BCUT2D eigenvalue weighted by molar-refractivity contribution is 5.76. The van der Waals surface area contributed by atoms with Gasteiger partial charge in [0.05, 0.1) is 12.0 Å². The Hall–Kier alpha value is -1.68. The number of carbonyl (C=O) groups excluding carboxylic acids is 1. The second-order valence-electron chi connectivity index (χ2n) is 8.18. The summed E-state index contributed by atoms with van der Waals surface area (Å²) in [4.78, 5) is 13.4. The molecule has 27 heavy (non-hydrogen) atoms. The molecule has 2 rings (SSSR count). The van der Waals surface area contributed by atoms with Crippen LogP contribution in [0.3, 0.4) is 0 Å². The maximum absolute atomic E-state index is 14.2. The summed E-state index contributed by atoms with van der Waals surface area (Å²) in [6.07, 6.45) is 9.23. The van der Waals surface area contributed by atoms with Gasteiger partial charge in [0, 0.05) is 14.1 Å². The number of nitrogens with zero attached hydrogens (tertiary/aromatic N) is 1. The van der Waals surface area contributed by atoms with Gasteiger partial charge in [0.15, 0.2) is 0 Å². The van der Waals surface area contributed by atoms with Crippen LogP contribution in [0.4, 0.5) is 4.39 Å². The van der Waals surface area contributed by atoms with E-state index in [2.05, 4.69) is 12.1 Å². The molecule has 1 N–H and O–H groups in total. The molecule has 150 valence electrons. The highest BCUT2D eigenvalue weighted by Crippen LogP contribution is 2.36. The van der Waals surface area contributed by atoms with Crippen LogP contribution in [0.2, 0.25) is 0 Å². The van der Waals surface area contributed by atoms with E-state index in [9.17, 15) is 14.3 Å². The predicted molar refractivity (Wildman–Crippen MR) is 108 cm³/mol. The second-order valence-corrected chi connectivity index (χ2v) is 8.18. The lowest BCUT2D eigenvalue weighted by molar-refractivity contribution is -0.135. The van der Waals surface area contributed by atoms with Gasteiger partial charge in [-0.05, 0) is 62.8 Å². The van der Waals surface area contributed by atoms with Crippen LogP contribution < -0.4 is 0 Å². The fraction of sp³-hybridized carbons (Fsp3) is 0.609. The van der Waals surface area contributed by atoms with Crippen molar-refractivity contribution in [3.05, 3.63) is 48.0 Å². The summed E-state index contributed by atoms with van der Waals surface area (Å²) in [6, 6.07) is 10.3. The average molecular weight is 376 g/mol. The number of alkyl halides is 1. The van der Waals surface area contributed by atoms with Gasteiger partial charge in [0.25, 0.3) is 0 Å². The SMILES string of the molecule is CN(C)C(=O)C[C@]1(O)CCC[C@H](/C=C/C(F)CCCCc2ccccc2)C1. The fourth-order valence-electron chi connectivity index (χ4n) is 3.84. The van der Waals surface area contributed by atoms with E-state index in [4.69, 9.17) is 0 Å². The molecule has 1 aromatic rings. The van der Waals surface area contributed by atoms with Crippen molar-refractivity contribution < 1.29 is 14.3 Å². The van der Waals surface area contributed by atoms with Gasteiger partial charge in [0.1, 0.15) is 6.17 Å². The summed E-state index contributed by atoms with van der Waals surface area (Å²) in [6.45, 7) is 0. The van der Waals surface area contributed by atoms with Crippen LogP contribution in [0.15, 0.2) is 42.5 Å². The Kier molecular flexibility index (Phi) is 8.49. The van der Waals surface area contributed by atoms with Crippen LogP contribution in [0, 0.1) is 5.92 Å². The first-order valence-electron chi connectivity index (χ1n) is 10.2. The third kappa shape index (κ3) is 7.84. The lowest BCUT2D eigenvalue weighted by Crippen LogP contribution is -2.40. The molecule has 1 fully saturated rings. The van der Waals surface area contributed by atoms with Gasteiger partial charge < -0.3 is 10.0 Å². The number of rotatable bonds is 9. The van der Waals surface area contributed by atoms with Crippen LogP contribution >= 0.6 is 0 Å². The molecule has 3 atom stereocenters. The monoisotopic (exact) mass is 375 g/mol. The van der Waals surface area contributed by atoms with Gasteiger partial charge in [-0.15, -0.1) is 0 Å². The van der Waals surface area contributed by atoms with Crippen molar-refractivity contribution in [2.75, 3.05) is 14.1 Å². The van der Waals surface area contributed by atoms with Crippen molar-refractivity contribution in [1.29, 1.82) is 0 Å². The molecular formula is C23H34FNO2. The van der Waals surface area contributed by atoms with E-state index < -0.39 is 11.8 Å². The molecule has 1 unspecified atom stereocenters. The first-order chi connectivity index (χ1) is 12.9. The molecule has 0 aliphatic heterocycles. The second kappa shape index (κ2) is 10.6. The Bertz CT molecular complexity index is 602. The van der Waals surface area contributed by atoms with Crippen molar-refractivity contribution in [3.8, 4) is 0 Å². The average Bonchev–Trinajstić information content (AvgIpc) is 2.64. The molecule has 0 spiro atoms. The summed E-state index contributed by atoms with van der Waals surface area (Å²) in [5.74, 6) is 0.102.